The molecule has 1 N–H and O–H groups in total. The minimum atomic E-state index is -0.297. The number of nitrogens with zero attached hydrogens (tertiary/aromatic N) is 2. The summed E-state index contributed by atoms with van der Waals surface area (Å²) in [6, 6.07) is 12.3. The summed E-state index contributed by atoms with van der Waals surface area (Å²) in [7, 11) is 0. The van der Waals surface area contributed by atoms with Gasteiger partial charge in [-0.25, -0.2) is 4.98 Å². The van der Waals surface area contributed by atoms with Gasteiger partial charge in [0.1, 0.15) is 6.07 Å². The monoisotopic (exact) mass is 317 g/mol. The van der Waals surface area contributed by atoms with Gasteiger partial charge in [0, 0.05) is 11.9 Å². The molecule has 2 aromatic rings. The number of thioether (sulfide) groups is 1. The summed E-state index contributed by atoms with van der Waals surface area (Å²) >= 11 is 7.31. The third-order valence-corrected chi connectivity index (χ3v) is 4.02. The second kappa shape index (κ2) is 7.11. The molecule has 1 heterocycles. The van der Waals surface area contributed by atoms with Gasteiger partial charge in [0.25, 0.3) is 0 Å². The van der Waals surface area contributed by atoms with Crippen LogP contribution in [0.5, 0.6) is 0 Å². The van der Waals surface area contributed by atoms with Crippen LogP contribution in [0.15, 0.2) is 47.6 Å². The lowest BCUT2D eigenvalue weighted by Crippen LogP contribution is -2.22. The van der Waals surface area contributed by atoms with Crippen molar-refractivity contribution in [3.8, 4) is 6.07 Å². The Bertz CT molecular complexity index is 685. The molecule has 0 saturated heterocycles. The number of benzene rings is 1. The predicted octanol–water partition coefficient (Wildman–Crippen LogP) is 3.73. The maximum absolute atomic E-state index is 12.1. The third kappa shape index (κ3) is 4.22. The number of rotatable bonds is 4. The van der Waals surface area contributed by atoms with E-state index in [4.69, 9.17) is 16.9 Å². The van der Waals surface area contributed by atoms with Crippen molar-refractivity contribution in [2.24, 2.45) is 0 Å². The SMILES string of the molecule is CC(Sc1ccccn1)C(=O)Nc1ccc(C#N)c(Cl)c1. The van der Waals surface area contributed by atoms with Gasteiger partial charge in [-0.1, -0.05) is 29.4 Å². The van der Waals surface area contributed by atoms with E-state index in [0.717, 1.165) is 5.03 Å². The van der Waals surface area contributed by atoms with Crippen molar-refractivity contribution < 1.29 is 4.79 Å². The normalized spacial score (nSPS) is 11.5. The summed E-state index contributed by atoms with van der Waals surface area (Å²) in [6.45, 7) is 1.81. The smallest absolute Gasteiger partial charge is 0.237 e. The first kappa shape index (κ1) is 15.4. The molecular weight excluding hydrogens is 306 g/mol. The second-order valence-electron chi connectivity index (χ2n) is 4.22. The number of nitriles is 1. The lowest BCUT2D eigenvalue weighted by atomic mass is 10.2. The van der Waals surface area contributed by atoms with Gasteiger partial charge in [0.05, 0.1) is 20.9 Å². The van der Waals surface area contributed by atoms with Gasteiger partial charge < -0.3 is 5.32 Å². The van der Waals surface area contributed by atoms with E-state index in [-0.39, 0.29) is 11.2 Å². The highest BCUT2D eigenvalue weighted by atomic mass is 35.5. The number of nitrogens with one attached hydrogen (secondary N) is 1. The van der Waals surface area contributed by atoms with E-state index in [9.17, 15) is 4.79 Å². The number of hydrogen-bond donors (Lipinski definition) is 1. The van der Waals surface area contributed by atoms with Crippen molar-refractivity contribution in [1.29, 1.82) is 5.26 Å². The Morgan fingerprint density at radius 2 is 2.24 bits per heavy atom. The quantitative estimate of drug-likeness (QED) is 0.873. The number of aromatic nitrogens is 1. The van der Waals surface area contributed by atoms with Crippen molar-refractivity contribution in [3.05, 3.63) is 53.2 Å². The average molecular weight is 318 g/mol. The van der Waals surface area contributed by atoms with Gasteiger partial charge in [-0.15, -0.1) is 0 Å². The summed E-state index contributed by atoms with van der Waals surface area (Å²) in [4.78, 5) is 16.3. The molecule has 0 saturated carbocycles. The summed E-state index contributed by atoms with van der Waals surface area (Å²) in [5.74, 6) is -0.147. The minimum absolute atomic E-state index is 0.147. The Balaban J connectivity index is 2.01. The van der Waals surface area contributed by atoms with Crippen LogP contribution in [0.25, 0.3) is 0 Å². The molecule has 0 aliphatic heterocycles. The number of anilines is 1. The van der Waals surface area contributed by atoms with E-state index in [1.54, 1.807) is 31.3 Å². The number of amides is 1. The van der Waals surface area contributed by atoms with Gasteiger partial charge in [-0.2, -0.15) is 5.26 Å². The predicted molar refractivity (Wildman–Crippen MR) is 84.4 cm³/mol. The zero-order valence-corrected chi connectivity index (χ0v) is 12.8. The number of hydrogen-bond acceptors (Lipinski definition) is 4. The Morgan fingerprint density at radius 1 is 1.43 bits per heavy atom. The van der Waals surface area contributed by atoms with Crippen LogP contribution in [0.2, 0.25) is 5.02 Å². The highest BCUT2D eigenvalue weighted by molar-refractivity contribution is 8.00. The molecular formula is C15H12ClN3OS. The fourth-order valence-corrected chi connectivity index (χ4v) is 2.61. The fourth-order valence-electron chi connectivity index (χ4n) is 1.58. The molecule has 0 aliphatic rings. The van der Waals surface area contributed by atoms with Gasteiger partial charge in [0.15, 0.2) is 0 Å². The molecule has 0 radical (unpaired) electrons. The van der Waals surface area contributed by atoms with E-state index >= 15 is 0 Å². The molecule has 6 heteroatoms. The number of carbonyl (C=O) groups is 1. The number of carbonyl (C=O) groups excluding carboxylic acids is 1. The first-order chi connectivity index (χ1) is 10.1. The molecule has 2 rings (SSSR count). The van der Waals surface area contributed by atoms with Crippen molar-refractivity contribution in [2.45, 2.75) is 17.2 Å². The molecule has 1 aromatic carbocycles. The highest BCUT2D eigenvalue weighted by Crippen LogP contribution is 2.24. The zero-order valence-electron chi connectivity index (χ0n) is 11.2. The Labute approximate surface area is 132 Å². The molecule has 0 fully saturated rings. The fraction of sp³-hybridized carbons (Fsp3) is 0.133. The van der Waals surface area contributed by atoms with Crippen LogP contribution < -0.4 is 5.32 Å². The van der Waals surface area contributed by atoms with E-state index in [0.29, 0.717) is 16.3 Å². The summed E-state index contributed by atoms with van der Waals surface area (Å²) in [6.07, 6.45) is 1.69. The lowest BCUT2D eigenvalue weighted by molar-refractivity contribution is -0.115. The maximum Gasteiger partial charge on any atom is 0.237 e. The second-order valence-corrected chi connectivity index (χ2v) is 5.99. The van der Waals surface area contributed by atoms with E-state index in [2.05, 4.69) is 10.3 Å². The largest absolute Gasteiger partial charge is 0.325 e. The Morgan fingerprint density at radius 3 is 2.86 bits per heavy atom. The summed E-state index contributed by atoms with van der Waals surface area (Å²) in [5.41, 5.74) is 0.947. The molecule has 1 unspecified atom stereocenters. The van der Waals surface area contributed by atoms with Crippen LogP contribution >= 0.6 is 23.4 Å². The summed E-state index contributed by atoms with van der Waals surface area (Å²) < 4.78 is 0. The standard InChI is InChI=1S/C15H12ClN3OS/c1-10(21-14-4-2-3-7-18-14)15(20)19-12-6-5-11(9-17)13(16)8-12/h2-8,10H,1H3,(H,19,20). The van der Waals surface area contributed by atoms with Crippen LogP contribution in [0.3, 0.4) is 0 Å². The van der Waals surface area contributed by atoms with E-state index in [1.165, 1.54) is 11.8 Å². The Kier molecular flexibility index (Phi) is 5.20. The van der Waals surface area contributed by atoms with E-state index in [1.807, 2.05) is 24.3 Å². The van der Waals surface area contributed by atoms with Gasteiger partial charge in [0.2, 0.25) is 5.91 Å². The average Bonchev–Trinajstić information content (AvgIpc) is 2.48. The minimum Gasteiger partial charge on any atom is -0.325 e. The first-order valence-corrected chi connectivity index (χ1v) is 7.44. The van der Waals surface area contributed by atoms with Crippen LogP contribution in [0.4, 0.5) is 5.69 Å². The first-order valence-electron chi connectivity index (χ1n) is 6.18. The molecule has 0 bridgehead atoms. The molecule has 1 aromatic heterocycles. The Hall–Kier alpha value is -2.03. The van der Waals surface area contributed by atoms with Gasteiger partial charge in [-0.3, -0.25) is 4.79 Å². The number of pyridine rings is 1. The molecule has 1 amide bonds. The third-order valence-electron chi connectivity index (χ3n) is 2.66. The lowest BCUT2D eigenvalue weighted by Gasteiger charge is -2.11. The van der Waals surface area contributed by atoms with Crippen LogP contribution in [0.1, 0.15) is 12.5 Å². The van der Waals surface area contributed by atoms with Gasteiger partial charge in [-0.05, 0) is 37.3 Å². The van der Waals surface area contributed by atoms with Gasteiger partial charge >= 0.3 is 0 Å². The van der Waals surface area contributed by atoms with Crippen molar-refractivity contribution in [1.82, 2.24) is 4.98 Å². The van der Waals surface area contributed by atoms with Crippen LogP contribution in [-0.4, -0.2) is 16.1 Å². The molecule has 4 nitrogen and oxygen atoms in total. The topological polar surface area (TPSA) is 65.8 Å². The molecule has 0 spiro atoms. The van der Waals surface area contributed by atoms with Crippen molar-refractivity contribution >= 4 is 35.0 Å². The van der Waals surface area contributed by atoms with E-state index < -0.39 is 0 Å². The summed E-state index contributed by atoms with van der Waals surface area (Å²) in [5, 5.41) is 12.4. The highest BCUT2D eigenvalue weighted by Gasteiger charge is 2.15. The molecule has 106 valence electrons. The van der Waals surface area contributed by atoms with Crippen molar-refractivity contribution in [3.63, 3.8) is 0 Å². The maximum atomic E-state index is 12.1. The zero-order chi connectivity index (χ0) is 15.2. The molecule has 1 atom stereocenters. The number of halogens is 1. The molecule has 21 heavy (non-hydrogen) atoms. The van der Waals surface area contributed by atoms with Crippen LogP contribution in [-0.2, 0) is 4.79 Å². The van der Waals surface area contributed by atoms with Crippen molar-refractivity contribution in [2.75, 3.05) is 5.32 Å². The van der Waals surface area contributed by atoms with Crippen LogP contribution in [0, 0.1) is 11.3 Å². The molecule has 0 aliphatic carbocycles.